The van der Waals surface area contributed by atoms with Crippen molar-refractivity contribution in [3.63, 3.8) is 0 Å². The fourth-order valence-corrected chi connectivity index (χ4v) is 3.48. The molecule has 0 unspecified atom stereocenters. The molecule has 6 nitrogen and oxygen atoms in total. The van der Waals surface area contributed by atoms with Crippen LogP contribution in [0.4, 0.5) is 5.69 Å². The number of methoxy groups -OCH3 is 1. The highest BCUT2D eigenvalue weighted by molar-refractivity contribution is 7.89. The zero-order valence-corrected chi connectivity index (χ0v) is 14.0. The Bertz CT molecular complexity index is 875. The Morgan fingerprint density at radius 2 is 1.83 bits per heavy atom. The average molecular weight is 346 g/mol. The van der Waals surface area contributed by atoms with Crippen molar-refractivity contribution >= 4 is 21.6 Å². The van der Waals surface area contributed by atoms with E-state index in [2.05, 4.69) is 5.32 Å². The predicted octanol–water partition coefficient (Wildman–Crippen LogP) is 2.01. The Morgan fingerprint density at radius 3 is 2.38 bits per heavy atom. The highest BCUT2D eigenvalue weighted by Crippen LogP contribution is 2.49. The number of hydrogen-bond acceptors (Lipinski definition) is 4. The van der Waals surface area contributed by atoms with E-state index in [0.29, 0.717) is 5.69 Å². The van der Waals surface area contributed by atoms with Crippen LogP contribution in [-0.4, -0.2) is 21.4 Å². The van der Waals surface area contributed by atoms with Crippen LogP contribution in [0.15, 0.2) is 53.4 Å². The van der Waals surface area contributed by atoms with Gasteiger partial charge in [-0.25, -0.2) is 13.6 Å². The van der Waals surface area contributed by atoms with Crippen LogP contribution in [0.2, 0.25) is 0 Å². The van der Waals surface area contributed by atoms with E-state index < -0.39 is 15.4 Å². The van der Waals surface area contributed by atoms with Crippen LogP contribution in [0, 0.1) is 0 Å². The maximum Gasteiger partial charge on any atom is 0.241 e. The smallest absolute Gasteiger partial charge is 0.241 e. The van der Waals surface area contributed by atoms with Crippen molar-refractivity contribution in [2.24, 2.45) is 5.14 Å². The summed E-state index contributed by atoms with van der Waals surface area (Å²) in [4.78, 5) is 12.5. The molecule has 0 saturated heterocycles. The first-order valence-corrected chi connectivity index (χ1v) is 8.99. The van der Waals surface area contributed by atoms with E-state index in [1.807, 2.05) is 30.3 Å². The van der Waals surface area contributed by atoms with Gasteiger partial charge in [0.2, 0.25) is 15.9 Å². The molecule has 0 aliphatic heterocycles. The van der Waals surface area contributed by atoms with Crippen molar-refractivity contribution in [3.05, 3.63) is 54.1 Å². The van der Waals surface area contributed by atoms with Crippen molar-refractivity contribution in [3.8, 4) is 5.75 Å². The van der Waals surface area contributed by atoms with Gasteiger partial charge in [0.05, 0.1) is 12.5 Å². The molecule has 0 atom stereocenters. The van der Waals surface area contributed by atoms with Crippen LogP contribution in [0.5, 0.6) is 5.75 Å². The Hall–Kier alpha value is -2.38. The SMILES string of the molecule is COc1ccc(NC(=O)C2(c3ccccc3)CC2)cc1S(N)(=O)=O. The minimum absolute atomic E-state index is 0.139. The molecule has 1 amide bonds. The second-order valence-corrected chi connectivity index (χ2v) is 7.34. The fraction of sp³-hybridized carbons (Fsp3) is 0.235. The number of rotatable bonds is 5. The zero-order valence-electron chi connectivity index (χ0n) is 13.2. The second-order valence-electron chi connectivity index (χ2n) is 5.81. The molecule has 1 aliphatic rings. The van der Waals surface area contributed by atoms with Gasteiger partial charge < -0.3 is 10.1 Å². The van der Waals surface area contributed by atoms with Crippen LogP contribution in [0.3, 0.4) is 0 Å². The van der Waals surface area contributed by atoms with Gasteiger partial charge in [0.15, 0.2) is 0 Å². The van der Waals surface area contributed by atoms with E-state index >= 15 is 0 Å². The number of benzene rings is 2. The predicted molar refractivity (Wildman–Crippen MR) is 90.4 cm³/mol. The molecule has 1 fully saturated rings. The molecular formula is C17H18N2O4S. The Labute approximate surface area is 140 Å². The van der Waals surface area contributed by atoms with Crippen LogP contribution in [0.1, 0.15) is 18.4 Å². The third-order valence-corrected chi connectivity index (χ3v) is 5.17. The van der Waals surface area contributed by atoms with Crippen molar-refractivity contribution in [2.75, 3.05) is 12.4 Å². The number of hydrogen-bond donors (Lipinski definition) is 2. The molecular weight excluding hydrogens is 328 g/mol. The summed E-state index contributed by atoms with van der Waals surface area (Å²) in [6.45, 7) is 0. The molecule has 126 valence electrons. The van der Waals surface area contributed by atoms with E-state index in [1.54, 1.807) is 6.07 Å². The lowest BCUT2D eigenvalue weighted by atomic mass is 9.95. The molecule has 3 N–H and O–H groups in total. The van der Waals surface area contributed by atoms with Crippen molar-refractivity contribution < 1.29 is 17.9 Å². The van der Waals surface area contributed by atoms with Crippen LogP contribution in [0.25, 0.3) is 0 Å². The highest BCUT2D eigenvalue weighted by Gasteiger charge is 2.51. The Balaban J connectivity index is 1.88. The number of amides is 1. The van der Waals surface area contributed by atoms with Gasteiger partial charge in [-0.1, -0.05) is 30.3 Å². The third kappa shape index (κ3) is 3.00. The van der Waals surface area contributed by atoms with Gasteiger partial charge >= 0.3 is 0 Å². The summed E-state index contributed by atoms with van der Waals surface area (Å²) in [6, 6.07) is 13.9. The molecule has 1 aliphatic carbocycles. The number of sulfonamides is 1. The maximum atomic E-state index is 12.7. The maximum absolute atomic E-state index is 12.7. The summed E-state index contributed by atoms with van der Waals surface area (Å²) in [6.07, 6.45) is 1.53. The molecule has 3 rings (SSSR count). The zero-order chi connectivity index (χ0) is 17.4. The summed E-state index contributed by atoms with van der Waals surface area (Å²) in [7, 11) is -2.59. The van der Waals surface area contributed by atoms with Gasteiger partial charge in [0.1, 0.15) is 10.6 Å². The molecule has 0 spiro atoms. The summed E-state index contributed by atoms with van der Waals surface area (Å²) in [5.41, 5.74) is 0.790. The lowest BCUT2D eigenvalue weighted by Gasteiger charge is -2.16. The number of carbonyl (C=O) groups is 1. The highest BCUT2D eigenvalue weighted by atomic mass is 32.2. The molecule has 0 heterocycles. The molecule has 1 saturated carbocycles. The van der Waals surface area contributed by atoms with Crippen molar-refractivity contribution in [2.45, 2.75) is 23.2 Å². The molecule has 24 heavy (non-hydrogen) atoms. The second kappa shape index (κ2) is 5.92. The van der Waals surface area contributed by atoms with Gasteiger partial charge in [-0.15, -0.1) is 0 Å². The monoisotopic (exact) mass is 346 g/mol. The largest absolute Gasteiger partial charge is 0.495 e. The topological polar surface area (TPSA) is 98.5 Å². The van der Waals surface area contributed by atoms with Gasteiger partial charge in [-0.05, 0) is 36.6 Å². The Kier molecular flexibility index (Phi) is 4.06. The fourth-order valence-electron chi connectivity index (χ4n) is 2.76. The van der Waals surface area contributed by atoms with E-state index in [1.165, 1.54) is 19.2 Å². The summed E-state index contributed by atoms with van der Waals surface area (Å²) < 4.78 is 28.3. The summed E-state index contributed by atoms with van der Waals surface area (Å²) in [5, 5.41) is 7.99. The normalized spacial score (nSPS) is 15.6. The number of nitrogens with one attached hydrogen (secondary N) is 1. The van der Waals surface area contributed by atoms with Crippen LogP contribution in [-0.2, 0) is 20.2 Å². The minimum Gasteiger partial charge on any atom is -0.495 e. The molecule has 2 aromatic carbocycles. The van der Waals surface area contributed by atoms with Crippen molar-refractivity contribution in [1.29, 1.82) is 0 Å². The standard InChI is InChI=1S/C17H18N2O4S/c1-23-14-8-7-13(11-15(14)24(18,21)22)19-16(20)17(9-10-17)12-5-3-2-4-6-12/h2-8,11H,9-10H2,1H3,(H,19,20)(H2,18,21,22). The number of carbonyl (C=O) groups excluding carboxylic acids is 1. The van der Waals surface area contributed by atoms with E-state index in [0.717, 1.165) is 18.4 Å². The summed E-state index contributed by atoms with van der Waals surface area (Å²) in [5.74, 6) is -0.0149. The van der Waals surface area contributed by atoms with Crippen LogP contribution >= 0.6 is 0 Å². The number of nitrogens with two attached hydrogens (primary N) is 1. The molecule has 7 heteroatoms. The van der Waals surface area contributed by atoms with Gasteiger partial charge in [0.25, 0.3) is 0 Å². The number of anilines is 1. The lowest BCUT2D eigenvalue weighted by molar-refractivity contribution is -0.118. The summed E-state index contributed by atoms with van der Waals surface area (Å²) >= 11 is 0. The minimum atomic E-state index is -3.95. The lowest BCUT2D eigenvalue weighted by Crippen LogP contribution is -2.28. The number of ether oxygens (including phenoxy) is 1. The first-order valence-electron chi connectivity index (χ1n) is 7.45. The molecule has 0 radical (unpaired) electrons. The van der Waals surface area contributed by atoms with Gasteiger partial charge in [0, 0.05) is 5.69 Å². The van der Waals surface area contributed by atoms with E-state index in [4.69, 9.17) is 9.88 Å². The first-order chi connectivity index (χ1) is 11.4. The molecule has 0 bridgehead atoms. The van der Waals surface area contributed by atoms with Gasteiger partial charge in [-0.3, -0.25) is 4.79 Å². The molecule has 0 aromatic heterocycles. The van der Waals surface area contributed by atoms with E-state index in [9.17, 15) is 13.2 Å². The molecule has 2 aromatic rings. The van der Waals surface area contributed by atoms with Crippen molar-refractivity contribution in [1.82, 2.24) is 0 Å². The average Bonchev–Trinajstić information content (AvgIpc) is 3.37. The van der Waals surface area contributed by atoms with Crippen LogP contribution < -0.4 is 15.2 Å². The van der Waals surface area contributed by atoms with Gasteiger partial charge in [-0.2, -0.15) is 0 Å². The number of primary sulfonamides is 1. The Morgan fingerprint density at radius 1 is 1.17 bits per heavy atom. The first kappa shape index (κ1) is 16.5. The van der Waals surface area contributed by atoms with E-state index in [-0.39, 0.29) is 16.6 Å². The quantitative estimate of drug-likeness (QED) is 0.865. The third-order valence-electron chi connectivity index (χ3n) is 4.24.